The van der Waals surface area contributed by atoms with E-state index >= 15 is 0 Å². The predicted molar refractivity (Wildman–Crippen MR) is 57.7 cm³/mol. The molecule has 0 aromatic rings. The summed E-state index contributed by atoms with van der Waals surface area (Å²) in [4.78, 5) is 0. The molecule has 0 unspecified atom stereocenters. The van der Waals surface area contributed by atoms with E-state index < -0.39 is 0 Å². The van der Waals surface area contributed by atoms with Gasteiger partial charge in [0.2, 0.25) is 0 Å². The summed E-state index contributed by atoms with van der Waals surface area (Å²) >= 11 is 0. The zero-order valence-corrected chi connectivity index (χ0v) is 8.94. The fraction of sp³-hybridized carbons (Fsp3) is 0.846. The van der Waals surface area contributed by atoms with Gasteiger partial charge >= 0.3 is 0 Å². The van der Waals surface area contributed by atoms with E-state index in [2.05, 4.69) is 6.92 Å². The lowest BCUT2D eigenvalue weighted by Gasteiger charge is -2.23. The Hall–Kier alpha value is -0.260. The van der Waals surface area contributed by atoms with Gasteiger partial charge in [-0.05, 0) is 44.4 Å². The van der Waals surface area contributed by atoms with Crippen molar-refractivity contribution in [3.8, 4) is 0 Å². The van der Waals surface area contributed by atoms with Gasteiger partial charge in [-0.25, -0.2) is 0 Å². The van der Waals surface area contributed by atoms with Gasteiger partial charge in [0.05, 0.1) is 0 Å². The van der Waals surface area contributed by atoms with Crippen LogP contribution in [0.15, 0.2) is 11.1 Å². The molecule has 0 aliphatic heterocycles. The first-order chi connectivity index (χ1) is 6.40. The summed E-state index contributed by atoms with van der Waals surface area (Å²) in [6, 6.07) is 0. The number of rotatable bonds is 3. The SMILES string of the molecule is CCCCC1CCC(=C2CC2)CC1. The third-order valence-corrected chi connectivity index (χ3v) is 3.67. The molecular formula is C13H22. The van der Waals surface area contributed by atoms with Gasteiger partial charge < -0.3 is 0 Å². The molecule has 0 N–H and O–H groups in total. The van der Waals surface area contributed by atoms with Crippen LogP contribution < -0.4 is 0 Å². The molecule has 2 fully saturated rings. The zero-order valence-electron chi connectivity index (χ0n) is 8.94. The molecule has 0 heteroatoms. The predicted octanol–water partition coefficient (Wildman–Crippen LogP) is 4.46. The van der Waals surface area contributed by atoms with Crippen molar-refractivity contribution in [1.82, 2.24) is 0 Å². The minimum absolute atomic E-state index is 1.07. The van der Waals surface area contributed by atoms with Crippen LogP contribution in [0.25, 0.3) is 0 Å². The Morgan fingerprint density at radius 2 is 1.62 bits per heavy atom. The zero-order chi connectivity index (χ0) is 9.10. The summed E-state index contributed by atoms with van der Waals surface area (Å²) in [5, 5.41) is 0. The van der Waals surface area contributed by atoms with Crippen LogP contribution in [0.4, 0.5) is 0 Å². The summed E-state index contributed by atoms with van der Waals surface area (Å²) in [7, 11) is 0. The van der Waals surface area contributed by atoms with Crippen molar-refractivity contribution < 1.29 is 0 Å². The Labute approximate surface area is 82.4 Å². The molecule has 13 heavy (non-hydrogen) atoms. The van der Waals surface area contributed by atoms with E-state index in [0.29, 0.717) is 0 Å². The quantitative estimate of drug-likeness (QED) is 0.560. The van der Waals surface area contributed by atoms with E-state index in [1.54, 1.807) is 0 Å². The molecule has 2 saturated carbocycles. The standard InChI is InChI=1S/C13H22/c1-2-3-4-11-5-7-12(8-6-11)13-9-10-13/h11H,2-10H2,1H3. The summed E-state index contributed by atoms with van der Waals surface area (Å²) < 4.78 is 0. The summed E-state index contributed by atoms with van der Waals surface area (Å²) in [6.07, 6.45) is 13.1. The van der Waals surface area contributed by atoms with Gasteiger partial charge in [-0.1, -0.05) is 37.3 Å². The van der Waals surface area contributed by atoms with Crippen LogP contribution in [-0.4, -0.2) is 0 Å². The Balaban J connectivity index is 1.73. The highest BCUT2D eigenvalue weighted by molar-refractivity contribution is 5.26. The van der Waals surface area contributed by atoms with Crippen LogP contribution in [-0.2, 0) is 0 Å². The molecule has 0 saturated heterocycles. The van der Waals surface area contributed by atoms with Crippen molar-refractivity contribution in [2.24, 2.45) is 5.92 Å². The topological polar surface area (TPSA) is 0 Å². The molecule has 2 aliphatic carbocycles. The molecule has 0 bridgehead atoms. The average molecular weight is 178 g/mol. The van der Waals surface area contributed by atoms with E-state index in [0.717, 1.165) is 5.92 Å². The first kappa shape index (κ1) is 9.30. The van der Waals surface area contributed by atoms with Crippen molar-refractivity contribution in [3.63, 3.8) is 0 Å². The van der Waals surface area contributed by atoms with Crippen molar-refractivity contribution >= 4 is 0 Å². The summed E-state index contributed by atoms with van der Waals surface area (Å²) in [5.41, 5.74) is 3.68. The highest BCUT2D eigenvalue weighted by Crippen LogP contribution is 2.40. The molecule has 74 valence electrons. The van der Waals surface area contributed by atoms with Gasteiger partial charge in [0.15, 0.2) is 0 Å². The van der Waals surface area contributed by atoms with Crippen molar-refractivity contribution in [3.05, 3.63) is 11.1 Å². The van der Waals surface area contributed by atoms with Gasteiger partial charge in [-0.15, -0.1) is 0 Å². The van der Waals surface area contributed by atoms with E-state index in [1.165, 1.54) is 57.8 Å². The lowest BCUT2D eigenvalue weighted by Crippen LogP contribution is -2.08. The Morgan fingerprint density at radius 1 is 1.00 bits per heavy atom. The van der Waals surface area contributed by atoms with Crippen LogP contribution >= 0.6 is 0 Å². The fourth-order valence-electron chi connectivity index (χ4n) is 2.58. The molecule has 0 nitrogen and oxygen atoms in total. The fourth-order valence-corrected chi connectivity index (χ4v) is 2.58. The second kappa shape index (κ2) is 4.30. The highest BCUT2D eigenvalue weighted by Gasteiger charge is 2.22. The molecule has 2 aliphatic rings. The van der Waals surface area contributed by atoms with Crippen LogP contribution in [0.5, 0.6) is 0 Å². The number of hydrogen-bond donors (Lipinski definition) is 0. The lowest BCUT2D eigenvalue weighted by molar-refractivity contribution is 0.372. The van der Waals surface area contributed by atoms with Gasteiger partial charge in [-0.3, -0.25) is 0 Å². The maximum atomic E-state index is 2.31. The smallest absolute Gasteiger partial charge is 0.0280 e. The van der Waals surface area contributed by atoms with Crippen molar-refractivity contribution in [2.75, 3.05) is 0 Å². The molecule has 0 radical (unpaired) electrons. The summed E-state index contributed by atoms with van der Waals surface area (Å²) in [5.74, 6) is 1.07. The lowest BCUT2D eigenvalue weighted by atomic mass is 9.82. The van der Waals surface area contributed by atoms with E-state index in [1.807, 2.05) is 11.1 Å². The molecule has 0 amide bonds. The van der Waals surface area contributed by atoms with E-state index in [9.17, 15) is 0 Å². The molecule has 2 rings (SSSR count). The molecule has 0 spiro atoms. The number of unbranched alkanes of at least 4 members (excludes halogenated alkanes) is 1. The molecule has 0 heterocycles. The normalized spacial score (nSPS) is 27.9. The Bertz CT molecular complexity index is 184. The number of hydrogen-bond acceptors (Lipinski definition) is 0. The number of allylic oxidation sites excluding steroid dienone is 2. The van der Waals surface area contributed by atoms with Gasteiger partial charge in [-0.2, -0.15) is 0 Å². The van der Waals surface area contributed by atoms with Gasteiger partial charge in [0, 0.05) is 0 Å². The largest absolute Gasteiger partial charge is 0.0710 e. The first-order valence-corrected chi connectivity index (χ1v) is 6.10. The average Bonchev–Trinajstić information content (AvgIpc) is 2.99. The molecular weight excluding hydrogens is 156 g/mol. The maximum Gasteiger partial charge on any atom is -0.0280 e. The minimum Gasteiger partial charge on any atom is -0.0710 e. The second-order valence-corrected chi connectivity index (χ2v) is 4.79. The van der Waals surface area contributed by atoms with E-state index in [4.69, 9.17) is 0 Å². The summed E-state index contributed by atoms with van der Waals surface area (Å²) in [6.45, 7) is 2.31. The minimum atomic E-state index is 1.07. The highest BCUT2D eigenvalue weighted by atomic mass is 14.3. The monoisotopic (exact) mass is 178 g/mol. The first-order valence-electron chi connectivity index (χ1n) is 6.10. The third-order valence-electron chi connectivity index (χ3n) is 3.67. The van der Waals surface area contributed by atoms with Gasteiger partial charge in [0.25, 0.3) is 0 Å². The molecule has 0 atom stereocenters. The Kier molecular flexibility index (Phi) is 3.08. The van der Waals surface area contributed by atoms with Crippen LogP contribution in [0.2, 0.25) is 0 Å². The second-order valence-electron chi connectivity index (χ2n) is 4.79. The van der Waals surface area contributed by atoms with Crippen LogP contribution in [0.3, 0.4) is 0 Å². The van der Waals surface area contributed by atoms with Crippen molar-refractivity contribution in [2.45, 2.75) is 64.7 Å². The van der Waals surface area contributed by atoms with Crippen molar-refractivity contribution in [1.29, 1.82) is 0 Å². The molecule has 0 aromatic heterocycles. The van der Waals surface area contributed by atoms with Crippen LogP contribution in [0.1, 0.15) is 64.7 Å². The Morgan fingerprint density at radius 3 is 2.15 bits per heavy atom. The maximum absolute atomic E-state index is 2.31. The molecule has 0 aromatic carbocycles. The third kappa shape index (κ3) is 2.59. The van der Waals surface area contributed by atoms with Gasteiger partial charge in [0.1, 0.15) is 0 Å². The van der Waals surface area contributed by atoms with Crippen LogP contribution in [0, 0.1) is 5.92 Å². The van der Waals surface area contributed by atoms with E-state index in [-0.39, 0.29) is 0 Å².